The summed E-state index contributed by atoms with van der Waals surface area (Å²) in [7, 11) is 1.57. The lowest BCUT2D eigenvalue weighted by Gasteiger charge is -2.15. The number of carbonyl (C=O) groups is 1. The molecular formula is C27H22BrCl3N2O3S. The van der Waals surface area contributed by atoms with Crippen LogP contribution in [-0.2, 0) is 11.4 Å². The maximum Gasteiger partial charge on any atom is 0.266 e. The monoisotopic (exact) mass is 638 g/mol. The van der Waals surface area contributed by atoms with Gasteiger partial charge >= 0.3 is 0 Å². The van der Waals surface area contributed by atoms with Crippen molar-refractivity contribution in [2.75, 3.05) is 13.7 Å². The largest absolute Gasteiger partial charge is 0.493 e. The lowest BCUT2D eigenvalue weighted by Crippen LogP contribution is -2.29. The summed E-state index contributed by atoms with van der Waals surface area (Å²) in [4.78, 5) is 20.2. The standard InChI is InChI=1S/C27H22BrCl3N2O3S/c1-3-10-33-26(34)24(37-27(33)32-20-8-6-18(29)7-9-20)13-16-11-21(28)25(23(12-16)35-2)36-15-17-4-5-19(30)14-22(17)31/h4-9,11-14H,3,10,15H2,1-2H3/b24-13-,32-27?. The van der Waals surface area contributed by atoms with Gasteiger partial charge in [-0.25, -0.2) is 4.99 Å². The number of ether oxygens (including phenoxy) is 2. The van der Waals surface area contributed by atoms with Crippen LogP contribution in [0.4, 0.5) is 5.69 Å². The predicted octanol–water partition coefficient (Wildman–Crippen LogP) is 9.01. The zero-order chi connectivity index (χ0) is 26.5. The number of rotatable bonds is 8. The molecule has 0 N–H and O–H groups in total. The maximum absolute atomic E-state index is 13.2. The Kier molecular flexibility index (Phi) is 9.48. The van der Waals surface area contributed by atoms with Crippen LogP contribution in [0.15, 0.2) is 69.0 Å². The summed E-state index contributed by atoms with van der Waals surface area (Å²) in [5.41, 5.74) is 2.30. The topological polar surface area (TPSA) is 51.1 Å². The van der Waals surface area contributed by atoms with E-state index in [1.54, 1.807) is 36.3 Å². The van der Waals surface area contributed by atoms with Gasteiger partial charge in [0.15, 0.2) is 16.7 Å². The van der Waals surface area contributed by atoms with E-state index in [4.69, 9.17) is 44.3 Å². The highest BCUT2D eigenvalue weighted by Gasteiger charge is 2.33. The number of carbonyl (C=O) groups excluding carboxylic acids is 1. The molecule has 0 unspecified atom stereocenters. The Morgan fingerprint density at radius 3 is 2.46 bits per heavy atom. The fourth-order valence-electron chi connectivity index (χ4n) is 3.54. The van der Waals surface area contributed by atoms with Crippen LogP contribution < -0.4 is 9.47 Å². The molecular weight excluding hydrogens is 619 g/mol. The molecule has 0 aliphatic carbocycles. The van der Waals surface area contributed by atoms with Crippen molar-refractivity contribution in [3.63, 3.8) is 0 Å². The third-order valence-corrected chi connectivity index (χ3v) is 7.76. The van der Waals surface area contributed by atoms with Gasteiger partial charge in [-0.3, -0.25) is 9.69 Å². The molecule has 1 heterocycles. The average Bonchev–Trinajstić information content (AvgIpc) is 3.14. The van der Waals surface area contributed by atoms with Crippen molar-refractivity contribution in [2.24, 2.45) is 4.99 Å². The van der Waals surface area contributed by atoms with Gasteiger partial charge in [-0.05, 0) is 94.3 Å². The molecule has 1 amide bonds. The highest BCUT2D eigenvalue weighted by Crippen LogP contribution is 2.40. The zero-order valence-electron chi connectivity index (χ0n) is 19.9. The minimum absolute atomic E-state index is 0.0904. The molecule has 10 heteroatoms. The minimum Gasteiger partial charge on any atom is -0.493 e. The molecule has 0 bridgehead atoms. The van der Waals surface area contributed by atoms with Crippen LogP contribution in [0.25, 0.3) is 6.08 Å². The zero-order valence-corrected chi connectivity index (χ0v) is 24.6. The number of amidine groups is 1. The van der Waals surface area contributed by atoms with Crippen molar-refractivity contribution in [2.45, 2.75) is 20.0 Å². The van der Waals surface area contributed by atoms with E-state index in [-0.39, 0.29) is 12.5 Å². The van der Waals surface area contributed by atoms with Crippen LogP contribution in [-0.4, -0.2) is 29.6 Å². The Bertz CT molecular complexity index is 1380. The molecule has 1 fully saturated rings. The van der Waals surface area contributed by atoms with Gasteiger partial charge in [0.1, 0.15) is 6.61 Å². The number of hydrogen-bond acceptors (Lipinski definition) is 5. The van der Waals surface area contributed by atoms with Gasteiger partial charge in [0, 0.05) is 27.2 Å². The van der Waals surface area contributed by atoms with E-state index >= 15 is 0 Å². The number of methoxy groups -OCH3 is 1. The van der Waals surface area contributed by atoms with Crippen molar-refractivity contribution in [3.8, 4) is 11.5 Å². The first-order chi connectivity index (χ1) is 17.8. The first kappa shape index (κ1) is 27.9. The van der Waals surface area contributed by atoms with Crippen molar-refractivity contribution in [1.82, 2.24) is 4.90 Å². The van der Waals surface area contributed by atoms with Crippen LogP contribution >= 0.6 is 62.5 Å². The first-order valence-electron chi connectivity index (χ1n) is 11.3. The number of benzene rings is 3. The summed E-state index contributed by atoms with van der Waals surface area (Å²) in [6.45, 7) is 2.83. The van der Waals surface area contributed by atoms with E-state index in [9.17, 15) is 4.79 Å². The van der Waals surface area contributed by atoms with Crippen LogP contribution in [0.5, 0.6) is 11.5 Å². The van der Waals surface area contributed by atoms with Gasteiger partial charge in [-0.1, -0.05) is 47.8 Å². The summed E-state index contributed by atoms with van der Waals surface area (Å²) >= 11 is 23.2. The predicted molar refractivity (Wildman–Crippen MR) is 158 cm³/mol. The molecule has 3 aromatic carbocycles. The van der Waals surface area contributed by atoms with Crippen LogP contribution in [0.3, 0.4) is 0 Å². The van der Waals surface area contributed by atoms with Crippen molar-refractivity contribution >= 4 is 85.3 Å². The lowest BCUT2D eigenvalue weighted by atomic mass is 10.1. The van der Waals surface area contributed by atoms with E-state index in [0.717, 1.165) is 23.2 Å². The molecule has 4 rings (SSSR count). The fourth-order valence-corrected chi connectivity index (χ4v) is 5.73. The number of amides is 1. The van der Waals surface area contributed by atoms with Gasteiger partial charge in [0.05, 0.1) is 22.2 Å². The number of hydrogen-bond donors (Lipinski definition) is 0. The summed E-state index contributed by atoms with van der Waals surface area (Å²) in [5.74, 6) is 0.952. The van der Waals surface area contributed by atoms with Gasteiger partial charge < -0.3 is 9.47 Å². The molecule has 0 aromatic heterocycles. The Morgan fingerprint density at radius 2 is 1.78 bits per heavy atom. The molecule has 3 aromatic rings. The van der Waals surface area contributed by atoms with Crippen LogP contribution in [0.2, 0.25) is 15.1 Å². The summed E-state index contributed by atoms with van der Waals surface area (Å²) < 4.78 is 12.3. The Balaban J connectivity index is 1.60. The number of thioether (sulfide) groups is 1. The molecule has 0 radical (unpaired) electrons. The fraction of sp³-hybridized carbons (Fsp3) is 0.185. The molecule has 1 aliphatic rings. The number of aliphatic imine (C=N–C) groups is 1. The quantitative estimate of drug-likeness (QED) is 0.231. The average molecular weight is 641 g/mol. The number of halogens is 4. The second-order valence-corrected chi connectivity index (χ2v) is 11.1. The molecule has 0 atom stereocenters. The normalized spacial score (nSPS) is 15.6. The van der Waals surface area contributed by atoms with Crippen molar-refractivity contribution < 1.29 is 14.3 Å². The second kappa shape index (κ2) is 12.6. The molecule has 1 saturated heterocycles. The van der Waals surface area contributed by atoms with E-state index in [2.05, 4.69) is 20.9 Å². The van der Waals surface area contributed by atoms with Gasteiger partial charge in [-0.2, -0.15) is 0 Å². The maximum atomic E-state index is 13.2. The molecule has 192 valence electrons. The summed E-state index contributed by atoms with van der Waals surface area (Å²) in [6, 6.07) is 16.1. The van der Waals surface area contributed by atoms with Crippen LogP contribution in [0, 0.1) is 0 Å². The van der Waals surface area contributed by atoms with Crippen molar-refractivity contribution in [1.29, 1.82) is 0 Å². The van der Waals surface area contributed by atoms with E-state index in [0.29, 0.717) is 47.7 Å². The summed E-state index contributed by atoms with van der Waals surface area (Å²) in [6.07, 6.45) is 2.63. The van der Waals surface area contributed by atoms with E-state index in [1.807, 2.05) is 43.3 Å². The Morgan fingerprint density at radius 1 is 1.05 bits per heavy atom. The van der Waals surface area contributed by atoms with Crippen LogP contribution in [0.1, 0.15) is 24.5 Å². The third-order valence-electron chi connectivity index (χ3n) is 5.32. The SMILES string of the molecule is CCCN1C(=O)/C(=C/c2cc(Br)c(OCc3ccc(Cl)cc3Cl)c(OC)c2)SC1=Nc1ccc(Cl)cc1. The molecule has 5 nitrogen and oxygen atoms in total. The number of nitrogens with zero attached hydrogens (tertiary/aromatic N) is 2. The third kappa shape index (κ3) is 6.84. The smallest absolute Gasteiger partial charge is 0.266 e. The van der Waals surface area contributed by atoms with Gasteiger partial charge in [0.25, 0.3) is 5.91 Å². The highest BCUT2D eigenvalue weighted by molar-refractivity contribution is 9.10. The van der Waals surface area contributed by atoms with Gasteiger partial charge in [0.2, 0.25) is 0 Å². The first-order valence-corrected chi connectivity index (χ1v) is 14.0. The lowest BCUT2D eigenvalue weighted by molar-refractivity contribution is -0.122. The molecule has 1 aliphatic heterocycles. The Labute approximate surface area is 243 Å². The minimum atomic E-state index is -0.0904. The second-order valence-electron chi connectivity index (χ2n) is 8.00. The molecule has 0 spiro atoms. The summed E-state index contributed by atoms with van der Waals surface area (Å²) in [5, 5.41) is 2.34. The van der Waals surface area contributed by atoms with E-state index < -0.39 is 0 Å². The highest BCUT2D eigenvalue weighted by atomic mass is 79.9. The van der Waals surface area contributed by atoms with Gasteiger partial charge in [-0.15, -0.1) is 0 Å². The van der Waals surface area contributed by atoms with E-state index in [1.165, 1.54) is 11.8 Å². The molecule has 37 heavy (non-hydrogen) atoms. The Hall–Kier alpha value is -2.16. The van der Waals surface area contributed by atoms with Crippen molar-refractivity contribution in [3.05, 3.63) is 90.2 Å². The molecule has 0 saturated carbocycles.